The van der Waals surface area contributed by atoms with Crippen LogP contribution >= 0.6 is 0 Å². The Morgan fingerprint density at radius 2 is 1.70 bits per heavy atom. The van der Waals surface area contributed by atoms with Crippen molar-refractivity contribution in [3.8, 4) is 0 Å². The molecule has 20 heavy (non-hydrogen) atoms. The lowest BCUT2D eigenvalue weighted by molar-refractivity contribution is -0.132. The molecule has 0 aromatic carbocycles. The fraction of sp³-hybridized carbons (Fsp3) is 0.714. The number of nitrogens with zero attached hydrogens (tertiary/aromatic N) is 3. The van der Waals surface area contributed by atoms with Crippen LogP contribution < -0.4 is 0 Å². The van der Waals surface area contributed by atoms with Gasteiger partial charge in [-0.25, -0.2) is 4.79 Å². The van der Waals surface area contributed by atoms with Gasteiger partial charge in [0.1, 0.15) is 6.33 Å². The molecule has 0 unspecified atom stereocenters. The molecular formula is C14H17N3O3. The van der Waals surface area contributed by atoms with E-state index in [1.165, 1.54) is 19.3 Å². The number of ketones is 1. The first-order valence-corrected chi connectivity index (χ1v) is 7.25. The molecule has 4 bridgehead atoms. The lowest BCUT2D eigenvalue weighted by atomic mass is 9.53. The van der Waals surface area contributed by atoms with Crippen molar-refractivity contribution in [2.45, 2.75) is 44.1 Å². The van der Waals surface area contributed by atoms with Crippen LogP contribution in [0.15, 0.2) is 6.33 Å². The summed E-state index contributed by atoms with van der Waals surface area (Å²) in [4.78, 5) is 22.7. The van der Waals surface area contributed by atoms with Gasteiger partial charge in [0.25, 0.3) is 0 Å². The Morgan fingerprint density at radius 1 is 1.15 bits per heavy atom. The van der Waals surface area contributed by atoms with Crippen LogP contribution in [-0.4, -0.2) is 31.6 Å². The van der Waals surface area contributed by atoms with E-state index in [0.717, 1.165) is 37.0 Å². The van der Waals surface area contributed by atoms with E-state index in [1.54, 1.807) is 10.9 Å². The van der Waals surface area contributed by atoms with Crippen LogP contribution in [0.1, 0.15) is 49.1 Å². The molecule has 4 aliphatic rings. The normalized spacial score (nSPS) is 38.1. The second-order valence-electron chi connectivity index (χ2n) is 6.80. The number of carbonyl (C=O) groups is 2. The number of carboxylic acids is 1. The van der Waals surface area contributed by atoms with Gasteiger partial charge in [0.2, 0.25) is 5.82 Å². The molecule has 1 aromatic heterocycles. The number of aliphatic carboxylic acids is 1. The molecule has 5 rings (SSSR count). The molecule has 0 radical (unpaired) electrons. The fourth-order valence-corrected chi connectivity index (χ4v) is 5.19. The maximum Gasteiger partial charge on any atom is 0.380 e. The molecule has 4 fully saturated rings. The van der Waals surface area contributed by atoms with E-state index in [1.807, 2.05) is 0 Å². The second-order valence-corrected chi connectivity index (χ2v) is 6.80. The maximum atomic E-state index is 11.8. The van der Waals surface area contributed by atoms with E-state index in [0.29, 0.717) is 0 Å². The predicted molar refractivity (Wildman–Crippen MR) is 68.1 cm³/mol. The van der Waals surface area contributed by atoms with Crippen molar-refractivity contribution in [1.29, 1.82) is 0 Å². The molecule has 6 nitrogen and oxygen atoms in total. The number of aromatic nitrogens is 3. The molecule has 4 aliphatic carbocycles. The quantitative estimate of drug-likeness (QED) is 0.667. The largest absolute Gasteiger partial charge is 0.475 e. The summed E-state index contributed by atoms with van der Waals surface area (Å²) in [6.07, 6.45) is 8.56. The van der Waals surface area contributed by atoms with Gasteiger partial charge in [0.15, 0.2) is 0 Å². The number of carbonyl (C=O) groups excluding carboxylic acids is 1. The van der Waals surface area contributed by atoms with Gasteiger partial charge in [0.05, 0.1) is 0 Å². The monoisotopic (exact) mass is 275 g/mol. The Morgan fingerprint density at radius 3 is 2.20 bits per heavy atom. The molecular weight excluding hydrogens is 258 g/mol. The molecule has 0 saturated heterocycles. The number of hydrogen-bond donors (Lipinski definition) is 1. The first kappa shape index (κ1) is 12.1. The van der Waals surface area contributed by atoms with Gasteiger partial charge < -0.3 is 9.67 Å². The first-order chi connectivity index (χ1) is 9.57. The summed E-state index contributed by atoms with van der Waals surface area (Å²) < 4.78 is 1.79. The van der Waals surface area contributed by atoms with Gasteiger partial charge in [-0.2, -0.15) is 0 Å². The van der Waals surface area contributed by atoms with Crippen LogP contribution in [0, 0.1) is 17.8 Å². The molecule has 4 saturated carbocycles. The summed E-state index contributed by atoms with van der Waals surface area (Å²) in [6, 6.07) is 0. The van der Waals surface area contributed by atoms with Gasteiger partial charge >= 0.3 is 11.8 Å². The molecule has 106 valence electrons. The van der Waals surface area contributed by atoms with E-state index in [9.17, 15) is 9.59 Å². The molecule has 1 N–H and O–H groups in total. The van der Waals surface area contributed by atoms with E-state index in [-0.39, 0.29) is 11.4 Å². The molecule has 0 aliphatic heterocycles. The van der Waals surface area contributed by atoms with Crippen molar-refractivity contribution in [3.63, 3.8) is 0 Å². The van der Waals surface area contributed by atoms with Gasteiger partial charge in [-0.1, -0.05) is 0 Å². The number of Topliss-reactive ketones (excluding diaryl/α,β-unsaturated/α-hetero) is 1. The minimum absolute atomic E-state index is 0.000509. The van der Waals surface area contributed by atoms with Crippen LogP contribution in [-0.2, 0) is 10.3 Å². The second kappa shape index (κ2) is 3.90. The Bertz CT molecular complexity index is 557. The number of carboxylic acid groups (broad SMARTS) is 1. The lowest BCUT2D eigenvalue weighted by Crippen LogP contribution is -2.52. The minimum Gasteiger partial charge on any atom is -0.475 e. The first-order valence-electron chi connectivity index (χ1n) is 7.25. The highest BCUT2D eigenvalue weighted by Gasteiger charge is 2.53. The highest BCUT2D eigenvalue weighted by molar-refractivity contribution is 6.38. The molecule has 0 amide bonds. The SMILES string of the molecule is O=C(O)C(=O)c1nncn1C12CC3CC(CC(C3)C1)C2. The number of rotatable bonds is 3. The van der Waals surface area contributed by atoms with E-state index in [4.69, 9.17) is 5.11 Å². The van der Waals surface area contributed by atoms with Crippen molar-refractivity contribution in [2.75, 3.05) is 0 Å². The molecule has 0 atom stereocenters. The third-order valence-corrected chi connectivity index (χ3v) is 5.46. The summed E-state index contributed by atoms with van der Waals surface area (Å²) in [7, 11) is 0. The Hall–Kier alpha value is -1.72. The zero-order chi connectivity index (χ0) is 13.9. The van der Waals surface area contributed by atoms with Crippen LogP contribution in [0.25, 0.3) is 0 Å². The smallest absolute Gasteiger partial charge is 0.380 e. The maximum absolute atomic E-state index is 11.8. The van der Waals surface area contributed by atoms with Crippen LogP contribution in [0.5, 0.6) is 0 Å². The predicted octanol–water partition coefficient (Wildman–Crippen LogP) is 1.47. The summed E-state index contributed by atoms with van der Waals surface area (Å²) in [5, 5.41) is 16.5. The van der Waals surface area contributed by atoms with E-state index >= 15 is 0 Å². The van der Waals surface area contributed by atoms with Crippen molar-refractivity contribution in [2.24, 2.45) is 17.8 Å². The zero-order valence-electron chi connectivity index (χ0n) is 11.2. The third kappa shape index (κ3) is 1.57. The lowest BCUT2D eigenvalue weighted by Gasteiger charge is -2.57. The van der Waals surface area contributed by atoms with Gasteiger partial charge in [-0.15, -0.1) is 10.2 Å². The highest BCUT2D eigenvalue weighted by atomic mass is 16.4. The summed E-state index contributed by atoms with van der Waals surface area (Å²) in [5.41, 5.74) is -0.112. The molecule has 1 aromatic rings. The van der Waals surface area contributed by atoms with Gasteiger partial charge in [-0.05, 0) is 56.3 Å². The Kier molecular flexibility index (Phi) is 2.35. The standard InChI is InChI=1S/C14H17N3O3/c18-11(13(19)20)12-16-15-7-17(12)14-4-8-1-9(5-14)3-10(2-8)6-14/h7-10H,1-6H2,(H,19,20). The van der Waals surface area contributed by atoms with Gasteiger partial charge in [0, 0.05) is 5.54 Å². The van der Waals surface area contributed by atoms with Crippen molar-refractivity contribution >= 4 is 11.8 Å². The van der Waals surface area contributed by atoms with E-state index in [2.05, 4.69) is 10.2 Å². The summed E-state index contributed by atoms with van der Waals surface area (Å²) in [5.74, 6) is -0.244. The fourth-order valence-electron chi connectivity index (χ4n) is 5.19. The van der Waals surface area contributed by atoms with E-state index < -0.39 is 11.8 Å². The topological polar surface area (TPSA) is 85.1 Å². The average molecular weight is 275 g/mol. The summed E-state index contributed by atoms with van der Waals surface area (Å²) in [6.45, 7) is 0. The molecule has 1 heterocycles. The molecule has 0 spiro atoms. The highest BCUT2D eigenvalue weighted by Crippen LogP contribution is 2.58. The zero-order valence-corrected chi connectivity index (χ0v) is 11.2. The van der Waals surface area contributed by atoms with Crippen LogP contribution in [0.3, 0.4) is 0 Å². The number of hydrogen-bond acceptors (Lipinski definition) is 4. The van der Waals surface area contributed by atoms with Crippen LogP contribution in [0.2, 0.25) is 0 Å². The summed E-state index contributed by atoms with van der Waals surface area (Å²) >= 11 is 0. The van der Waals surface area contributed by atoms with Crippen molar-refractivity contribution in [1.82, 2.24) is 14.8 Å². The van der Waals surface area contributed by atoms with Crippen molar-refractivity contribution < 1.29 is 14.7 Å². The Labute approximate surface area is 116 Å². The molecule has 6 heteroatoms. The third-order valence-electron chi connectivity index (χ3n) is 5.46. The minimum atomic E-state index is -1.45. The average Bonchev–Trinajstić information content (AvgIpc) is 2.85. The van der Waals surface area contributed by atoms with Crippen LogP contribution in [0.4, 0.5) is 0 Å². The van der Waals surface area contributed by atoms with Crippen molar-refractivity contribution in [3.05, 3.63) is 12.2 Å². The van der Waals surface area contributed by atoms with Gasteiger partial charge in [-0.3, -0.25) is 4.79 Å². The Balaban J connectivity index is 1.76.